The molecule has 2 N–H and O–H groups in total. The van der Waals surface area contributed by atoms with Crippen LogP contribution in [-0.2, 0) is 11.3 Å². The molecule has 1 fully saturated rings. The first-order valence-electron chi connectivity index (χ1n) is 6.83. The summed E-state index contributed by atoms with van der Waals surface area (Å²) in [6.07, 6.45) is 6.53. The summed E-state index contributed by atoms with van der Waals surface area (Å²) in [4.78, 5) is 36.1. The van der Waals surface area contributed by atoms with Gasteiger partial charge < -0.3 is 5.32 Å². The Kier molecular flexibility index (Phi) is 5.46. The largest absolute Gasteiger partial charge is 0.354 e. The third-order valence-corrected chi connectivity index (χ3v) is 4.67. The number of amides is 1. The smallest absolute Gasteiger partial charge is 0.328 e. The number of carbonyl (C=O) groups excluding carboxylic acids is 1. The number of nitrogens with zero attached hydrogens (tertiary/aromatic N) is 1. The fourth-order valence-electron chi connectivity index (χ4n) is 2.25. The van der Waals surface area contributed by atoms with Gasteiger partial charge in [-0.25, -0.2) is 4.79 Å². The number of hydrogen-bond acceptors (Lipinski definition) is 4. The first kappa shape index (κ1) is 14.9. The third kappa shape index (κ3) is 4.56. The summed E-state index contributed by atoms with van der Waals surface area (Å²) in [5.41, 5.74) is -1.02. The summed E-state index contributed by atoms with van der Waals surface area (Å²) in [5, 5.41) is 3.53. The number of hydrogen-bond donors (Lipinski definition) is 2. The van der Waals surface area contributed by atoms with Crippen molar-refractivity contribution in [2.75, 3.05) is 12.3 Å². The molecule has 0 unspecified atom stereocenters. The van der Waals surface area contributed by atoms with E-state index < -0.39 is 11.2 Å². The Hall–Kier alpha value is -1.50. The van der Waals surface area contributed by atoms with Crippen molar-refractivity contribution in [3.05, 3.63) is 33.1 Å². The molecule has 1 aliphatic carbocycles. The quantitative estimate of drug-likeness (QED) is 0.741. The highest BCUT2D eigenvalue weighted by Crippen LogP contribution is 2.28. The van der Waals surface area contributed by atoms with Crippen molar-refractivity contribution in [2.24, 2.45) is 0 Å². The van der Waals surface area contributed by atoms with Gasteiger partial charge in [-0.1, -0.05) is 12.8 Å². The molecule has 1 aromatic rings. The summed E-state index contributed by atoms with van der Waals surface area (Å²) < 4.78 is 1.18. The Morgan fingerprint density at radius 3 is 2.85 bits per heavy atom. The number of aromatic amines is 1. The Labute approximate surface area is 121 Å². The number of nitrogens with one attached hydrogen (secondary N) is 2. The van der Waals surface area contributed by atoms with Gasteiger partial charge in [-0.05, 0) is 12.8 Å². The van der Waals surface area contributed by atoms with Crippen LogP contribution in [0.1, 0.15) is 25.7 Å². The first-order chi connectivity index (χ1) is 9.65. The number of rotatable bonds is 6. The van der Waals surface area contributed by atoms with E-state index in [2.05, 4.69) is 10.3 Å². The highest BCUT2D eigenvalue weighted by atomic mass is 32.2. The van der Waals surface area contributed by atoms with Gasteiger partial charge in [-0.15, -0.1) is 0 Å². The van der Waals surface area contributed by atoms with Gasteiger partial charge in [0.2, 0.25) is 5.91 Å². The molecular formula is C13H19N3O3S. The van der Waals surface area contributed by atoms with Crippen LogP contribution in [-0.4, -0.2) is 33.0 Å². The lowest BCUT2D eigenvalue weighted by atomic mass is 10.4. The average Bonchev–Trinajstić information content (AvgIpc) is 2.91. The molecule has 0 aliphatic heterocycles. The maximum Gasteiger partial charge on any atom is 0.328 e. The van der Waals surface area contributed by atoms with Crippen molar-refractivity contribution in [1.29, 1.82) is 0 Å². The van der Waals surface area contributed by atoms with Gasteiger partial charge in [0.05, 0.1) is 0 Å². The van der Waals surface area contributed by atoms with Crippen LogP contribution in [0.25, 0.3) is 0 Å². The molecule has 1 amide bonds. The first-order valence-corrected chi connectivity index (χ1v) is 7.88. The fraction of sp³-hybridized carbons (Fsp3) is 0.615. The van der Waals surface area contributed by atoms with Crippen LogP contribution in [0.3, 0.4) is 0 Å². The van der Waals surface area contributed by atoms with Crippen molar-refractivity contribution < 1.29 is 4.79 Å². The van der Waals surface area contributed by atoms with Gasteiger partial charge in [0.15, 0.2) is 0 Å². The molecule has 0 radical (unpaired) electrons. The van der Waals surface area contributed by atoms with Gasteiger partial charge in [0, 0.05) is 29.8 Å². The lowest BCUT2D eigenvalue weighted by Gasteiger charge is -2.09. The molecular weight excluding hydrogens is 278 g/mol. The topological polar surface area (TPSA) is 84.0 Å². The van der Waals surface area contributed by atoms with E-state index in [1.807, 2.05) is 11.8 Å². The van der Waals surface area contributed by atoms with E-state index in [1.54, 1.807) is 0 Å². The second-order valence-electron chi connectivity index (χ2n) is 4.87. The van der Waals surface area contributed by atoms with Gasteiger partial charge in [0.25, 0.3) is 5.56 Å². The lowest BCUT2D eigenvalue weighted by Crippen LogP contribution is -2.36. The van der Waals surface area contributed by atoms with Crippen LogP contribution in [0.2, 0.25) is 0 Å². The van der Waals surface area contributed by atoms with Crippen LogP contribution in [0.4, 0.5) is 0 Å². The predicted octanol–water partition coefficient (Wildman–Crippen LogP) is 0.329. The zero-order chi connectivity index (χ0) is 14.4. The molecule has 1 aromatic heterocycles. The Balaban J connectivity index is 1.69. The maximum absolute atomic E-state index is 11.7. The van der Waals surface area contributed by atoms with Crippen molar-refractivity contribution in [3.8, 4) is 0 Å². The summed E-state index contributed by atoms with van der Waals surface area (Å²) in [6.45, 7) is 0.543. The van der Waals surface area contributed by atoms with E-state index in [-0.39, 0.29) is 12.5 Å². The van der Waals surface area contributed by atoms with Crippen LogP contribution >= 0.6 is 11.8 Å². The van der Waals surface area contributed by atoms with E-state index >= 15 is 0 Å². The standard InChI is InChI=1S/C13H19N3O3S/c17-11-5-7-16(13(19)15-11)9-12(18)14-6-8-20-10-3-1-2-4-10/h5,7,10H,1-4,6,8-9H2,(H,14,18)(H,15,17,19). The molecule has 0 aromatic carbocycles. The summed E-state index contributed by atoms with van der Waals surface area (Å²) in [5.74, 6) is 0.683. The molecule has 1 aliphatic rings. The molecule has 7 heteroatoms. The van der Waals surface area contributed by atoms with Crippen LogP contribution in [0.5, 0.6) is 0 Å². The monoisotopic (exact) mass is 297 g/mol. The van der Waals surface area contributed by atoms with Crippen LogP contribution < -0.4 is 16.6 Å². The van der Waals surface area contributed by atoms with Crippen LogP contribution in [0, 0.1) is 0 Å². The molecule has 1 saturated carbocycles. The third-order valence-electron chi connectivity index (χ3n) is 3.29. The molecule has 0 bridgehead atoms. The summed E-state index contributed by atoms with van der Waals surface area (Å²) in [6, 6.07) is 1.23. The number of thioether (sulfide) groups is 1. The minimum absolute atomic E-state index is 0.0658. The molecule has 6 nitrogen and oxygen atoms in total. The van der Waals surface area contributed by atoms with Crippen LogP contribution in [0.15, 0.2) is 21.9 Å². The molecule has 110 valence electrons. The second kappa shape index (κ2) is 7.33. The van der Waals surface area contributed by atoms with Gasteiger partial charge in [-0.3, -0.25) is 19.1 Å². The second-order valence-corrected chi connectivity index (χ2v) is 6.27. The molecule has 2 rings (SSSR count). The van der Waals surface area contributed by atoms with Crippen molar-refractivity contribution in [3.63, 3.8) is 0 Å². The van der Waals surface area contributed by atoms with Gasteiger partial charge >= 0.3 is 5.69 Å². The maximum atomic E-state index is 11.7. The van der Waals surface area contributed by atoms with E-state index in [0.717, 1.165) is 11.0 Å². The summed E-state index contributed by atoms with van der Waals surface area (Å²) >= 11 is 1.91. The molecule has 0 saturated heterocycles. The number of H-pyrrole nitrogens is 1. The van der Waals surface area contributed by atoms with E-state index in [9.17, 15) is 14.4 Å². The fourth-order valence-corrected chi connectivity index (χ4v) is 3.47. The Morgan fingerprint density at radius 2 is 2.15 bits per heavy atom. The Morgan fingerprint density at radius 1 is 1.40 bits per heavy atom. The highest BCUT2D eigenvalue weighted by Gasteiger charge is 2.14. The minimum atomic E-state index is -0.562. The lowest BCUT2D eigenvalue weighted by molar-refractivity contribution is -0.121. The highest BCUT2D eigenvalue weighted by molar-refractivity contribution is 7.99. The van der Waals surface area contributed by atoms with E-state index in [1.165, 1.54) is 42.5 Å². The number of carbonyl (C=O) groups is 1. The predicted molar refractivity (Wildman–Crippen MR) is 79.0 cm³/mol. The minimum Gasteiger partial charge on any atom is -0.354 e. The Bertz CT molecular complexity index is 560. The van der Waals surface area contributed by atoms with Gasteiger partial charge in [-0.2, -0.15) is 11.8 Å². The zero-order valence-electron chi connectivity index (χ0n) is 11.3. The normalized spacial score (nSPS) is 15.4. The van der Waals surface area contributed by atoms with Crippen molar-refractivity contribution in [1.82, 2.24) is 14.9 Å². The van der Waals surface area contributed by atoms with E-state index in [0.29, 0.717) is 6.54 Å². The van der Waals surface area contributed by atoms with Crippen molar-refractivity contribution >= 4 is 17.7 Å². The SMILES string of the molecule is O=C(Cn1ccc(=O)[nH]c1=O)NCCSC1CCCC1. The molecule has 20 heavy (non-hydrogen) atoms. The zero-order valence-corrected chi connectivity index (χ0v) is 12.1. The van der Waals surface area contributed by atoms with E-state index in [4.69, 9.17) is 0 Å². The summed E-state index contributed by atoms with van der Waals surface area (Å²) in [7, 11) is 0. The molecule has 0 spiro atoms. The molecule has 1 heterocycles. The average molecular weight is 297 g/mol. The number of aromatic nitrogens is 2. The van der Waals surface area contributed by atoms with Gasteiger partial charge in [0.1, 0.15) is 6.54 Å². The van der Waals surface area contributed by atoms with Crippen molar-refractivity contribution in [2.45, 2.75) is 37.5 Å². The molecule has 0 atom stereocenters.